The number of benzene rings is 1. The van der Waals surface area contributed by atoms with Gasteiger partial charge in [-0.3, -0.25) is 0 Å². The highest BCUT2D eigenvalue weighted by Crippen LogP contribution is 2.25. The van der Waals surface area contributed by atoms with Gasteiger partial charge in [0, 0.05) is 13.0 Å². The number of aromatic nitrogens is 2. The summed E-state index contributed by atoms with van der Waals surface area (Å²) in [6.07, 6.45) is 2.73. The molecule has 2 rings (SSSR count). The van der Waals surface area contributed by atoms with Crippen LogP contribution >= 0.6 is 15.9 Å². The quantitative estimate of drug-likeness (QED) is 0.834. The number of halogens is 1. The lowest BCUT2D eigenvalue weighted by Gasteiger charge is -2.12. The fourth-order valence-electron chi connectivity index (χ4n) is 2.22. The van der Waals surface area contributed by atoms with Crippen LogP contribution in [0, 0.1) is 6.92 Å². The van der Waals surface area contributed by atoms with E-state index in [-0.39, 0.29) is 0 Å². The SMILES string of the molecule is CCCNc1nc(Cc2cccc(C)c2)nc(CC)c1Br. The minimum absolute atomic E-state index is 0.767. The summed E-state index contributed by atoms with van der Waals surface area (Å²) in [6.45, 7) is 7.30. The fourth-order valence-corrected chi connectivity index (χ4v) is 2.82. The van der Waals surface area contributed by atoms with E-state index < -0.39 is 0 Å². The van der Waals surface area contributed by atoms with Gasteiger partial charge in [0.1, 0.15) is 11.6 Å². The Balaban J connectivity index is 2.30. The Labute approximate surface area is 135 Å². The van der Waals surface area contributed by atoms with Crippen molar-refractivity contribution in [1.29, 1.82) is 0 Å². The van der Waals surface area contributed by atoms with Crippen LogP contribution in [0.5, 0.6) is 0 Å². The van der Waals surface area contributed by atoms with Crippen molar-refractivity contribution < 1.29 is 0 Å². The minimum atomic E-state index is 0.767. The van der Waals surface area contributed by atoms with Gasteiger partial charge in [-0.05, 0) is 41.3 Å². The van der Waals surface area contributed by atoms with Crippen LogP contribution < -0.4 is 5.32 Å². The van der Waals surface area contributed by atoms with Crippen molar-refractivity contribution in [2.45, 2.75) is 40.0 Å². The van der Waals surface area contributed by atoms with Gasteiger partial charge < -0.3 is 5.32 Å². The molecule has 0 radical (unpaired) electrons. The van der Waals surface area contributed by atoms with E-state index in [4.69, 9.17) is 0 Å². The predicted octanol–water partition coefficient (Wildman–Crippen LogP) is 4.52. The largest absolute Gasteiger partial charge is 0.369 e. The highest BCUT2D eigenvalue weighted by molar-refractivity contribution is 9.10. The molecule has 1 heterocycles. The van der Waals surface area contributed by atoms with Gasteiger partial charge >= 0.3 is 0 Å². The normalized spacial score (nSPS) is 10.7. The maximum atomic E-state index is 4.69. The first-order chi connectivity index (χ1) is 10.1. The van der Waals surface area contributed by atoms with Gasteiger partial charge in [-0.2, -0.15) is 0 Å². The lowest BCUT2D eigenvalue weighted by molar-refractivity contribution is 0.883. The average Bonchev–Trinajstić information content (AvgIpc) is 2.47. The second kappa shape index (κ2) is 7.55. The third kappa shape index (κ3) is 4.27. The molecule has 0 aliphatic carbocycles. The van der Waals surface area contributed by atoms with E-state index in [1.807, 2.05) is 0 Å². The Morgan fingerprint density at radius 3 is 2.67 bits per heavy atom. The number of hydrogen-bond acceptors (Lipinski definition) is 3. The molecular formula is C17H22BrN3. The molecule has 112 valence electrons. The molecule has 0 bridgehead atoms. The first-order valence-corrected chi connectivity index (χ1v) is 8.28. The van der Waals surface area contributed by atoms with Crippen LogP contribution in [0.2, 0.25) is 0 Å². The van der Waals surface area contributed by atoms with Gasteiger partial charge in [0.05, 0.1) is 10.2 Å². The van der Waals surface area contributed by atoms with Crippen molar-refractivity contribution >= 4 is 21.7 Å². The van der Waals surface area contributed by atoms with Crippen LogP contribution in [-0.2, 0) is 12.8 Å². The Hall–Kier alpha value is -1.42. The zero-order chi connectivity index (χ0) is 15.2. The summed E-state index contributed by atoms with van der Waals surface area (Å²) in [4.78, 5) is 9.36. The summed E-state index contributed by atoms with van der Waals surface area (Å²) in [6, 6.07) is 8.51. The molecule has 1 aromatic heterocycles. The van der Waals surface area contributed by atoms with Crippen LogP contribution in [0.15, 0.2) is 28.7 Å². The molecule has 2 aromatic rings. The standard InChI is InChI=1S/C17H22BrN3/c1-4-9-19-17-16(18)14(5-2)20-15(21-17)11-13-8-6-7-12(3)10-13/h6-8,10H,4-5,9,11H2,1-3H3,(H,19,20,21). The molecule has 0 aliphatic rings. The lowest BCUT2D eigenvalue weighted by atomic mass is 10.1. The highest BCUT2D eigenvalue weighted by atomic mass is 79.9. The predicted molar refractivity (Wildman–Crippen MR) is 91.9 cm³/mol. The van der Waals surface area contributed by atoms with E-state index >= 15 is 0 Å². The van der Waals surface area contributed by atoms with Crippen molar-refractivity contribution in [3.05, 3.63) is 51.4 Å². The molecule has 4 heteroatoms. The molecule has 0 atom stereocenters. The van der Waals surface area contributed by atoms with E-state index in [0.717, 1.165) is 47.6 Å². The Morgan fingerprint density at radius 2 is 2.00 bits per heavy atom. The molecule has 0 unspecified atom stereocenters. The summed E-state index contributed by atoms with van der Waals surface area (Å²) >= 11 is 3.62. The molecule has 0 fully saturated rings. The van der Waals surface area contributed by atoms with Crippen LogP contribution in [-0.4, -0.2) is 16.5 Å². The number of hydrogen-bond donors (Lipinski definition) is 1. The van der Waals surface area contributed by atoms with Crippen LogP contribution in [0.4, 0.5) is 5.82 Å². The van der Waals surface area contributed by atoms with Gasteiger partial charge in [-0.1, -0.05) is 43.7 Å². The van der Waals surface area contributed by atoms with Crippen molar-refractivity contribution in [3.8, 4) is 0 Å². The number of nitrogens with zero attached hydrogens (tertiary/aromatic N) is 2. The van der Waals surface area contributed by atoms with E-state index in [2.05, 4.69) is 76.3 Å². The van der Waals surface area contributed by atoms with Crippen molar-refractivity contribution in [1.82, 2.24) is 9.97 Å². The van der Waals surface area contributed by atoms with Gasteiger partial charge in [-0.15, -0.1) is 0 Å². The third-order valence-electron chi connectivity index (χ3n) is 3.29. The monoisotopic (exact) mass is 347 g/mol. The van der Waals surface area contributed by atoms with E-state index in [1.165, 1.54) is 11.1 Å². The smallest absolute Gasteiger partial charge is 0.144 e. The Bertz CT molecular complexity index is 611. The van der Waals surface area contributed by atoms with Gasteiger partial charge in [0.2, 0.25) is 0 Å². The Morgan fingerprint density at radius 1 is 1.19 bits per heavy atom. The molecule has 21 heavy (non-hydrogen) atoms. The van der Waals surface area contributed by atoms with Crippen molar-refractivity contribution in [3.63, 3.8) is 0 Å². The molecular weight excluding hydrogens is 326 g/mol. The van der Waals surface area contributed by atoms with Crippen molar-refractivity contribution in [2.75, 3.05) is 11.9 Å². The summed E-state index contributed by atoms with van der Waals surface area (Å²) in [5.41, 5.74) is 3.58. The second-order valence-corrected chi connectivity index (χ2v) is 5.99. The molecule has 0 saturated heterocycles. The molecule has 1 aromatic carbocycles. The summed E-state index contributed by atoms with van der Waals surface area (Å²) in [5.74, 6) is 1.78. The van der Waals surface area contributed by atoms with Gasteiger partial charge in [0.15, 0.2) is 0 Å². The number of anilines is 1. The van der Waals surface area contributed by atoms with Crippen LogP contribution in [0.25, 0.3) is 0 Å². The summed E-state index contributed by atoms with van der Waals surface area (Å²) in [5, 5.41) is 3.38. The highest BCUT2D eigenvalue weighted by Gasteiger charge is 2.11. The fraction of sp³-hybridized carbons (Fsp3) is 0.412. The van der Waals surface area contributed by atoms with Gasteiger partial charge in [0.25, 0.3) is 0 Å². The number of nitrogens with one attached hydrogen (secondary N) is 1. The molecule has 0 amide bonds. The lowest BCUT2D eigenvalue weighted by Crippen LogP contribution is -2.09. The van der Waals surface area contributed by atoms with E-state index in [0.29, 0.717) is 0 Å². The number of aryl methyl sites for hydroxylation is 2. The number of rotatable bonds is 6. The van der Waals surface area contributed by atoms with E-state index in [1.54, 1.807) is 0 Å². The van der Waals surface area contributed by atoms with Crippen LogP contribution in [0.1, 0.15) is 42.9 Å². The molecule has 0 aliphatic heterocycles. The maximum absolute atomic E-state index is 4.69. The first-order valence-electron chi connectivity index (χ1n) is 7.48. The molecule has 1 N–H and O–H groups in total. The molecule has 3 nitrogen and oxygen atoms in total. The maximum Gasteiger partial charge on any atom is 0.144 e. The van der Waals surface area contributed by atoms with E-state index in [9.17, 15) is 0 Å². The zero-order valence-corrected chi connectivity index (χ0v) is 14.5. The first kappa shape index (κ1) is 16.0. The van der Waals surface area contributed by atoms with Crippen molar-refractivity contribution in [2.24, 2.45) is 0 Å². The summed E-state index contributed by atoms with van der Waals surface area (Å²) in [7, 11) is 0. The van der Waals surface area contributed by atoms with Gasteiger partial charge in [-0.25, -0.2) is 9.97 Å². The minimum Gasteiger partial charge on any atom is -0.369 e. The zero-order valence-electron chi connectivity index (χ0n) is 12.9. The molecule has 0 spiro atoms. The molecule has 0 saturated carbocycles. The third-order valence-corrected chi connectivity index (χ3v) is 4.12. The average molecular weight is 348 g/mol. The topological polar surface area (TPSA) is 37.8 Å². The second-order valence-electron chi connectivity index (χ2n) is 5.20. The van der Waals surface area contributed by atoms with Crippen LogP contribution in [0.3, 0.4) is 0 Å². The summed E-state index contributed by atoms with van der Waals surface area (Å²) < 4.78 is 0.992. The Kier molecular flexibility index (Phi) is 5.74.